The standard InChI is InChI=1S/C12H21NO4/c1-9(14)13-11(12(15)16)8-17-7-10-5-3-2-4-6-10/h10-11H,2-8H2,1H3,(H,13,14)(H,15,16). The van der Waals surface area contributed by atoms with Crippen LogP contribution in [0.4, 0.5) is 0 Å². The Hall–Kier alpha value is -1.10. The number of nitrogens with one attached hydrogen (secondary N) is 1. The van der Waals surface area contributed by atoms with Crippen LogP contribution < -0.4 is 5.32 Å². The molecule has 2 N–H and O–H groups in total. The van der Waals surface area contributed by atoms with Gasteiger partial charge in [-0.05, 0) is 18.8 Å². The zero-order valence-corrected chi connectivity index (χ0v) is 10.3. The molecular formula is C12H21NO4. The lowest BCUT2D eigenvalue weighted by Crippen LogP contribution is -2.43. The van der Waals surface area contributed by atoms with Crippen LogP contribution in [0, 0.1) is 5.92 Å². The summed E-state index contributed by atoms with van der Waals surface area (Å²) in [4.78, 5) is 21.6. The van der Waals surface area contributed by atoms with Crippen LogP contribution in [0.15, 0.2) is 0 Å². The largest absolute Gasteiger partial charge is 0.480 e. The molecule has 5 nitrogen and oxygen atoms in total. The maximum Gasteiger partial charge on any atom is 0.328 e. The SMILES string of the molecule is CC(=O)NC(COCC1CCCCC1)C(=O)O. The molecule has 1 aliphatic rings. The molecule has 1 saturated carbocycles. The number of hydrogen-bond donors (Lipinski definition) is 2. The van der Waals surface area contributed by atoms with Gasteiger partial charge in [-0.1, -0.05) is 19.3 Å². The van der Waals surface area contributed by atoms with Crippen LogP contribution in [0.5, 0.6) is 0 Å². The summed E-state index contributed by atoms with van der Waals surface area (Å²) in [6, 6.07) is -0.934. The summed E-state index contributed by atoms with van der Waals surface area (Å²) >= 11 is 0. The minimum atomic E-state index is -1.05. The minimum absolute atomic E-state index is 0.0470. The summed E-state index contributed by atoms with van der Waals surface area (Å²) in [5.41, 5.74) is 0. The first-order chi connectivity index (χ1) is 8.09. The van der Waals surface area contributed by atoms with Gasteiger partial charge in [-0.15, -0.1) is 0 Å². The van der Waals surface area contributed by atoms with Crippen molar-refractivity contribution in [3.63, 3.8) is 0 Å². The van der Waals surface area contributed by atoms with Crippen LogP contribution in [0.2, 0.25) is 0 Å². The van der Waals surface area contributed by atoms with Crippen molar-refractivity contribution >= 4 is 11.9 Å². The summed E-state index contributed by atoms with van der Waals surface area (Å²) < 4.78 is 5.40. The van der Waals surface area contributed by atoms with E-state index < -0.39 is 12.0 Å². The number of carboxylic acid groups (broad SMARTS) is 1. The second kappa shape index (κ2) is 7.27. The molecule has 1 rings (SSSR count). The number of hydrogen-bond acceptors (Lipinski definition) is 3. The molecule has 0 aliphatic heterocycles. The van der Waals surface area contributed by atoms with E-state index in [1.807, 2.05) is 0 Å². The van der Waals surface area contributed by atoms with Crippen LogP contribution in [-0.2, 0) is 14.3 Å². The van der Waals surface area contributed by atoms with Crippen molar-refractivity contribution in [2.45, 2.75) is 45.1 Å². The Morgan fingerprint density at radius 2 is 2.00 bits per heavy atom. The molecule has 0 saturated heterocycles. The molecule has 1 amide bonds. The van der Waals surface area contributed by atoms with E-state index in [4.69, 9.17) is 9.84 Å². The molecule has 1 aliphatic carbocycles. The van der Waals surface area contributed by atoms with Crippen LogP contribution >= 0.6 is 0 Å². The fraction of sp³-hybridized carbons (Fsp3) is 0.833. The van der Waals surface area contributed by atoms with Crippen molar-refractivity contribution < 1.29 is 19.4 Å². The van der Waals surface area contributed by atoms with Gasteiger partial charge in [-0.3, -0.25) is 4.79 Å². The topological polar surface area (TPSA) is 75.6 Å². The molecule has 0 radical (unpaired) electrons. The van der Waals surface area contributed by atoms with Gasteiger partial charge in [0.15, 0.2) is 6.04 Å². The number of carbonyl (C=O) groups is 2. The number of ether oxygens (including phenoxy) is 1. The molecule has 17 heavy (non-hydrogen) atoms. The summed E-state index contributed by atoms with van der Waals surface area (Å²) in [6.07, 6.45) is 6.10. The van der Waals surface area contributed by atoms with E-state index in [1.54, 1.807) is 0 Å². The number of aliphatic carboxylic acids is 1. The van der Waals surface area contributed by atoms with E-state index >= 15 is 0 Å². The Bertz CT molecular complexity index is 261. The average Bonchev–Trinajstić information content (AvgIpc) is 2.28. The maximum absolute atomic E-state index is 10.8. The van der Waals surface area contributed by atoms with E-state index in [-0.39, 0.29) is 12.5 Å². The van der Waals surface area contributed by atoms with Gasteiger partial charge < -0.3 is 15.2 Å². The Morgan fingerprint density at radius 1 is 1.35 bits per heavy atom. The van der Waals surface area contributed by atoms with E-state index in [0.717, 1.165) is 12.8 Å². The van der Waals surface area contributed by atoms with Gasteiger partial charge in [0, 0.05) is 13.5 Å². The number of rotatable bonds is 6. The fourth-order valence-corrected chi connectivity index (χ4v) is 2.13. The van der Waals surface area contributed by atoms with E-state index in [1.165, 1.54) is 26.2 Å². The average molecular weight is 243 g/mol. The zero-order valence-electron chi connectivity index (χ0n) is 10.3. The van der Waals surface area contributed by atoms with Crippen LogP contribution in [0.1, 0.15) is 39.0 Å². The molecule has 0 aromatic heterocycles. The molecule has 1 fully saturated rings. The predicted molar refractivity (Wildman–Crippen MR) is 62.6 cm³/mol. The monoisotopic (exact) mass is 243 g/mol. The van der Waals surface area contributed by atoms with Gasteiger partial charge in [0.2, 0.25) is 5.91 Å². The highest BCUT2D eigenvalue weighted by atomic mass is 16.5. The van der Waals surface area contributed by atoms with Crippen molar-refractivity contribution in [1.82, 2.24) is 5.32 Å². The molecule has 0 heterocycles. The molecule has 5 heteroatoms. The summed E-state index contributed by atoms with van der Waals surface area (Å²) in [6.45, 7) is 1.95. The summed E-state index contributed by atoms with van der Waals surface area (Å²) in [5.74, 6) is -0.849. The first kappa shape index (κ1) is 14.0. The third-order valence-electron chi connectivity index (χ3n) is 3.04. The lowest BCUT2D eigenvalue weighted by molar-refractivity contribution is -0.143. The third-order valence-corrected chi connectivity index (χ3v) is 3.04. The first-order valence-electron chi connectivity index (χ1n) is 6.17. The number of amides is 1. The van der Waals surface area contributed by atoms with Crippen molar-refractivity contribution in [2.24, 2.45) is 5.92 Å². The van der Waals surface area contributed by atoms with E-state index in [2.05, 4.69) is 5.32 Å². The van der Waals surface area contributed by atoms with E-state index in [9.17, 15) is 9.59 Å². The molecule has 0 aromatic rings. The highest BCUT2D eigenvalue weighted by Crippen LogP contribution is 2.23. The van der Waals surface area contributed by atoms with E-state index in [0.29, 0.717) is 12.5 Å². The highest BCUT2D eigenvalue weighted by Gasteiger charge is 2.20. The predicted octanol–water partition coefficient (Wildman–Crippen LogP) is 1.17. The summed E-state index contributed by atoms with van der Waals surface area (Å²) in [7, 11) is 0. The maximum atomic E-state index is 10.8. The lowest BCUT2D eigenvalue weighted by Gasteiger charge is -2.22. The van der Waals surface area contributed by atoms with Crippen molar-refractivity contribution in [1.29, 1.82) is 0 Å². The van der Waals surface area contributed by atoms with Gasteiger partial charge in [0.25, 0.3) is 0 Å². The van der Waals surface area contributed by atoms with Crippen LogP contribution in [-0.4, -0.2) is 36.2 Å². The van der Waals surface area contributed by atoms with Gasteiger partial charge in [-0.25, -0.2) is 4.79 Å². The molecule has 1 atom stereocenters. The van der Waals surface area contributed by atoms with Gasteiger partial charge in [0.05, 0.1) is 6.61 Å². The van der Waals surface area contributed by atoms with Gasteiger partial charge >= 0.3 is 5.97 Å². The van der Waals surface area contributed by atoms with Crippen molar-refractivity contribution in [3.8, 4) is 0 Å². The Balaban J connectivity index is 2.21. The zero-order chi connectivity index (χ0) is 12.7. The molecule has 0 aromatic carbocycles. The number of carboxylic acids is 1. The number of carbonyl (C=O) groups excluding carboxylic acids is 1. The quantitative estimate of drug-likeness (QED) is 0.734. The first-order valence-corrected chi connectivity index (χ1v) is 6.17. The molecule has 98 valence electrons. The third kappa shape index (κ3) is 5.68. The second-order valence-corrected chi connectivity index (χ2v) is 4.63. The molecule has 1 unspecified atom stereocenters. The van der Waals surface area contributed by atoms with Gasteiger partial charge in [0.1, 0.15) is 0 Å². The van der Waals surface area contributed by atoms with Crippen molar-refractivity contribution in [2.75, 3.05) is 13.2 Å². The smallest absolute Gasteiger partial charge is 0.328 e. The molecule has 0 bridgehead atoms. The highest BCUT2D eigenvalue weighted by molar-refractivity contribution is 5.82. The summed E-state index contributed by atoms with van der Waals surface area (Å²) in [5, 5.41) is 11.2. The molecule has 0 spiro atoms. The lowest BCUT2D eigenvalue weighted by atomic mass is 9.90. The minimum Gasteiger partial charge on any atom is -0.480 e. The Labute approximate surface area is 102 Å². The van der Waals surface area contributed by atoms with Crippen LogP contribution in [0.3, 0.4) is 0 Å². The normalized spacial score (nSPS) is 18.6. The Morgan fingerprint density at radius 3 is 2.53 bits per heavy atom. The van der Waals surface area contributed by atoms with Crippen LogP contribution in [0.25, 0.3) is 0 Å². The molecular weight excluding hydrogens is 222 g/mol. The second-order valence-electron chi connectivity index (χ2n) is 4.63. The van der Waals surface area contributed by atoms with Gasteiger partial charge in [-0.2, -0.15) is 0 Å². The Kier molecular flexibility index (Phi) is 5.97. The van der Waals surface area contributed by atoms with Crippen molar-refractivity contribution in [3.05, 3.63) is 0 Å². The fourth-order valence-electron chi connectivity index (χ4n) is 2.13.